The molecular formula is C24H24ClN3O3S. The van der Waals surface area contributed by atoms with Crippen molar-refractivity contribution in [2.24, 2.45) is 0 Å². The van der Waals surface area contributed by atoms with E-state index in [4.69, 9.17) is 11.6 Å². The standard InChI is InChI=1S/C24H24ClN3O3S/c1-24(2,23(30)28(3)4)17-5-8-19(9-6-17)32(31)27-21-10-7-18(25)15-20(21)22(29)16-11-13-26-14-12-16/h5-15,27H,1-4H3. The lowest BCUT2D eigenvalue weighted by Crippen LogP contribution is -2.39. The summed E-state index contributed by atoms with van der Waals surface area (Å²) >= 11 is 6.11. The number of aromatic nitrogens is 1. The lowest BCUT2D eigenvalue weighted by Gasteiger charge is -2.27. The van der Waals surface area contributed by atoms with E-state index in [-0.39, 0.29) is 11.7 Å². The molecular weight excluding hydrogens is 446 g/mol. The number of halogens is 1. The molecule has 1 amide bonds. The summed E-state index contributed by atoms with van der Waals surface area (Å²) in [4.78, 5) is 31.4. The Balaban J connectivity index is 1.85. The molecule has 32 heavy (non-hydrogen) atoms. The molecule has 3 rings (SSSR count). The Morgan fingerprint density at radius 3 is 2.22 bits per heavy atom. The molecule has 0 aliphatic rings. The first-order valence-corrected chi connectivity index (χ1v) is 11.4. The quantitative estimate of drug-likeness (QED) is 0.518. The minimum atomic E-state index is -1.63. The van der Waals surface area contributed by atoms with Gasteiger partial charge in [0.15, 0.2) is 5.78 Å². The van der Waals surface area contributed by atoms with Crippen molar-refractivity contribution >= 4 is 40.0 Å². The number of hydrogen-bond donors (Lipinski definition) is 1. The van der Waals surface area contributed by atoms with Crippen LogP contribution >= 0.6 is 11.6 Å². The van der Waals surface area contributed by atoms with Crippen LogP contribution in [0.1, 0.15) is 35.3 Å². The molecule has 0 aliphatic carbocycles. The van der Waals surface area contributed by atoms with Crippen LogP contribution in [0.5, 0.6) is 0 Å². The number of hydrogen-bond acceptors (Lipinski definition) is 4. The summed E-state index contributed by atoms with van der Waals surface area (Å²) in [5, 5.41) is 0.399. The van der Waals surface area contributed by atoms with Gasteiger partial charge in [-0.15, -0.1) is 0 Å². The molecule has 3 aromatic rings. The predicted octanol–water partition coefficient (Wildman–Crippen LogP) is 4.47. The highest BCUT2D eigenvalue weighted by molar-refractivity contribution is 7.86. The van der Waals surface area contributed by atoms with Crippen LogP contribution in [0, 0.1) is 0 Å². The lowest BCUT2D eigenvalue weighted by atomic mass is 9.83. The van der Waals surface area contributed by atoms with E-state index in [0.717, 1.165) is 5.56 Å². The van der Waals surface area contributed by atoms with E-state index in [1.54, 1.807) is 73.6 Å². The second kappa shape index (κ2) is 9.63. The monoisotopic (exact) mass is 469 g/mol. The molecule has 0 bridgehead atoms. The van der Waals surface area contributed by atoms with Gasteiger partial charge in [-0.25, -0.2) is 4.21 Å². The largest absolute Gasteiger partial charge is 0.348 e. The topological polar surface area (TPSA) is 79.4 Å². The van der Waals surface area contributed by atoms with Gasteiger partial charge in [-0.1, -0.05) is 23.7 Å². The Morgan fingerprint density at radius 2 is 1.62 bits per heavy atom. The minimum absolute atomic E-state index is 0.0232. The van der Waals surface area contributed by atoms with Crippen molar-refractivity contribution in [1.82, 2.24) is 9.88 Å². The number of carbonyl (C=O) groups is 2. The maximum absolute atomic E-state index is 13.0. The number of rotatable bonds is 7. The molecule has 1 N–H and O–H groups in total. The molecule has 0 radical (unpaired) electrons. The summed E-state index contributed by atoms with van der Waals surface area (Å²) in [5.41, 5.74) is 1.27. The first-order valence-electron chi connectivity index (χ1n) is 9.86. The third kappa shape index (κ3) is 5.06. The fourth-order valence-electron chi connectivity index (χ4n) is 3.29. The van der Waals surface area contributed by atoms with Gasteiger partial charge in [0.25, 0.3) is 0 Å². The Bertz CT molecular complexity index is 1160. The lowest BCUT2D eigenvalue weighted by molar-refractivity contribution is -0.133. The third-order valence-corrected chi connectivity index (χ3v) is 6.44. The summed E-state index contributed by atoms with van der Waals surface area (Å²) in [5.74, 6) is -0.279. The number of ketones is 1. The van der Waals surface area contributed by atoms with Crippen molar-refractivity contribution in [1.29, 1.82) is 0 Å². The van der Waals surface area contributed by atoms with E-state index >= 15 is 0 Å². The SMILES string of the molecule is CN(C)C(=O)C(C)(C)c1ccc(S(=O)Nc2ccc(Cl)cc2C(=O)c2ccncc2)cc1. The van der Waals surface area contributed by atoms with Gasteiger partial charge in [0, 0.05) is 42.6 Å². The van der Waals surface area contributed by atoms with E-state index in [2.05, 4.69) is 9.71 Å². The second-order valence-corrected chi connectivity index (χ2v) is 9.62. The zero-order chi connectivity index (χ0) is 23.5. The number of likely N-dealkylation sites (N-methyl/N-ethyl adjacent to an activating group) is 1. The molecule has 2 aromatic carbocycles. The van der Waals surface area contributed by atoms with Crippen LogP contribution < -0.4 is 4.72 Å². The first kappa shape index (κ1) is 23.6. The fraction of sp³-hybridized carbons (Fsp3) is 0.208. The zero-order valence-corrected chi connectivity index (χ0v) is 19.8. The number of amides is 1. The van der Waals surface area contributed by atoms with Gasteiger partial charge in [0.1, 0.15) is 11.0 Å². The van der Waals surface area contributed by atoms with Gasteiger partial charge in [0.05, 0.1) is 16.0 Å². The smallest absolute Gasteiger partial charge is 0.232 e. The molecule has 0 saturated heterocycles. The molecule has 0 spiro atoms. The number of benzene rings is 2. The van der Waals surface area contributed by atoms with Crippen LogP contribution in [0.25, 0.3) is 0 Å². The summed E-state index contributed by atoms with van der Waals surface area (Å²) in [6, 6.07) is 15.0. The van der Waals surface area contributed by atoms with Crippen molar-refractivity contribution in [2.45, 2.75) is 24.2 Å². The first-order chi connectivity index (χ1) is 15.1. The van der Waals surface area contributed by atoms with Crippen LogP contribution in [0.2, 0.25) is 5.02 Å². The zero-order valence-electron chi connectivity index (χ0n) is 18.3. The van der Waals surface area contributed by atoms with Crippen molar-refractivity contribution in [3.8, 4) is 0 Å². The minimum Gasteiger partial charge on any atom is -0.348 e. The Labute approximate surface area is 195 Å². The number of nitrogens with zero attached hydrogens (tertiary/aromatic N) is 2. The Morgan fingerprint density at radius 1 is 1.00 bits per heavy atom. The van der Waals surface area contributed by atoms with Crippen molar-refractivity contribution in [2.75, 3.05) is 18.8 Å². The van der Waals surface area contributed by atoms with Gasteiger partial charge in [-0.05, 0) is 61.9 Å². The van der Waals surface area contributed by atoms with Gasteiger partial charge in [-0.3, -0.25) is 14.6 Å². The van der Waals surface area contributed by atoms with Crippen molar-refractivity contribution < 1.29 is 13.8 Å². The van der Waals surface area contributed by atoms with Gasteiger partial charge in [0.2, 0.25) is 5.91 Å². The van der Waals surface area contributed by atoms with Crippen molar-refractivity contribution in [3.05, 3.63) is 88.7 Å². The van der Waals surface area contributed by atoms with Gasteiger partial charge < -0.3 is 9.62 Å². The van der Waals surface area contributed by atoms with E-state index in [1.165, 1.54) is 12.4 Å². The van der Waals surface area contributed by atoms with Crippen molar-refractivity contribution in [3.63, 3.8) is 0 Å². The maximum Gasteiger partial charge on any atom is 0.232 e. The average molecular weight is 470 g/mol. The molecule has 0 aliphatic heterocycles. The van der Waals surface area contributed by atoms with Crippen LogP contribution in [0.3, 0.4) is 0 Å². The maximum atomic E-state index is 13.0. The van der Waals surface area contributed by atoms with Gasteiger partial charge in [-0.2, -0.15) is 0 Å². The van der Waals surface area contributed by atoms with Crippen LogP contribution in [-0.4, -0.2) is 39.9 Å². The molecule has 1 aromatic heterocycles. The fourth-order valence-corrected chi connectivity index (χ4v) is 4.34. The van der Waals surface area contributed by atoms with E-state index in [9.17, 15) is 13.8 Å². The van der Waals surface area contributed by atoms with E-state index in [0.29, 0.717) is 26.7 Å². The van der Waals surface area contributed by atoms with Crippen LogP contribution in [0.15, 0.2) is 71.9 Å². The molecule has 6 nitrogen and oxygen atoms in total. The highest BCUT2D eigenvalue weighted by Gasteiger charge is 2.31. The van der Waals surface area contributed by atoms with Crippen LogP contribution in [0.4, 0.5) is 5.69 Å². The average Bonchev–Trinajstić information content (AvgIpc) is 2.79. The molecule has 1 heterocycles. The normalized spacial score (nSPS) is 12.2. The molecule has 0 saturated carbocycles. The summed E-state index contributed by atoms with van der Waals surface area (Å²) in [6.45, 7) is 3.70. The number of anilines is 1. The molecule has 8 heteroatoms. The van der Waals surface area contributed by atoms with E-state index in [1.807, 2.05) is 13.8 Å². The molecule has 166 valence electrons. The third-order valence-electron chi connectivity index (χ3n) is 5.10. The molecule has 0 fully saturated rings. The molecule has 1 unspecified atom stereocenters. The summed E-state index contributed by atoms with van der Waals surface area (Å²) < 4.78 is 15.9. The highest BCUT2D eigenvalue weighted by Crippen LogP contribution is 2.28. The highest BCUT2D eigenvalue weighted by atomic mass is 35.5. The summed E-state index contributed by atoms with van der Waals surface area (Å²) in [7, 11) is 1.80. The number of pyridine rings is 1. The van der Waals surface area contributed by atoms with Gasteiger partial charge >= 0.3 is 0 Å². The summed E-state index contributed by atoms with van der Waals surface area (Å²) in [6.07, 6.45) is 3.07. The Hall–Kier alpha value is -3.03. The molecule has 1 atom stereocenters. The number of carbonyl (C=O) groups excluding carboxylic acids is 2. The predicted molar refractivity (Wildman–Crippen MR) is 127 cm³/mol. The van der Waals surface area contributed by atoms with E-state index < -0.39 is 16.4 Å². The second-order valence-electron chi connectivity index (χ2n) is 7.97. The number of nitrogens with one attached hydrogen (secondary N) is 1. The Kier molecular flexibility index (Phi) is 7.11. The van der Waals surface area contributed by atoms with Crippen LogP contribution in [-0.2, 0) is 21.2 Å².